The number of aromatic nitrogens is 1. The first-order valence-electron chi connectivity index (χ1n) is 5.10. The third-order valence-corrected chi connectivity index (χ3v) is 2.59. The quantitative estimate of drug-likeness (QED) is 0.835. The number of halogens is 1. The number of hydrogen-bond donors (Lipinski definition) is 1. The van der Waals surface area contributed by atoms with E-state index in [-0.39, 0.29) is 0 Å². The van der Waals surface area contributed by atoms with Crippen molar-refractivity contribution in [2.75, 3.05) is 32.1 Å². The summed E-state index contributed by atoms with van der Waals surface area (Å²) in [5, 5.41) is 3.87. The minimum Gasteiger partial charge on any atom is -0.373 e. The van der Waals surface area contributed by atoms with Crippen molar-refractivity contribution in [3.8, 4) is 0 Å². The maximum atomic E-state index is 6.06. The monoisotopic (exact) mass is 227 g/mol. The lowest BCUT2D eigenvalue weighted by molar-refractivity contribution is 0.542. The largest absolute Gasteiger partial charge is 0.373 e. The number of hydrogen-bond acceptors (Lipinski definition) is 3. The van der Waals surface area contributed by atoms with Crippen molar-refractivity contribution in [3.05, 3.63) is 23.5 Å². The molecule has 1 aromatic heterocycles. The average Bonchev–Trinajstić information content (AvgIpc) is 2.18. The zero-order chi connectivity index (χ0) is 11.3. The van der Waals surface area contributed by atoms with Crippen molar-refractivity contribution < 1.29 is 0 Å². The van der Waals surface area contributed by atoms with E-state index >= 15 is 0 Å². The number of nitrogens with zero attached hydrogens (tertiary/aromatic N) is 2. The molecular formula is C11H18ClN3. The predicted octanol–water partition coefficient (Wildman–Crippen LogP) is 2.03. The van der Waals surface area contributed by atoms with E-state index < -0.39 is 0 Å². The van der Waals surface area contributed by atoms with Crippen molar-refractivity contribution in [2.24, 2.45) is 5.92 Å². The molecule has 1 unspecified atom stereocenters. The van der Waals surface area contributed by atoms with Crippen molar-refractivity contribution in [3.63, 3.8) is 0 Å². The van der Waals surface area contributed by atoms with Crippen molar-refractivity contribution in [1.29, 1.82) is 0 Å². The first-order chi connectivity index (χ1) is 7.15. The van der Waals surface area contributed by atoms with E-state index in [1.165, 1.54) is 0 Å². The van der Waals surface area contributed by atoms with Gasteiger partial charge in [-0.05, 0) is 25.6 Å². The number of nitrogens with one attached hydrogen (secondary N) is 1. The second-order valence-electron chi connectivity index (χ2n) is 3.87. The predicted molar refractivity (Wildman–Crippen MR) is 65.6 cm³/mol. The smallest absolute Gasteiger partial charge is 0.0822 e. The van der Waals surface area contributed by atoms with E-state index in [9.17, 15) is 0 Å². The highest BCUT2D eigenvalue weighted by molar-refractivity contribution is 6.33. The van der Waals surface area contributed by atoms with Crippen LogP contribution in [0, 0.1) is 5.92 Å². The van der Waals surface area contributed by atoms with Crippen molar-refractivity contribution >= 4 is 17.3 Å². The molecule has 4 heteroatoms. The van der Waals surface area contributed by atoms with Gasteiger partial charge in [-0.2, -0.15) is 0 Å². The molecule has 0 saturated heterocycles. The molecule has 15 heavy (non-hydrogen) atoms. The summed E-state index contributed by atoms with van der Waals surface area (Å²) in [6, 6.07) is 1.94. The van der Waals surface area contributed by atoms with Crippen LogP contribution in [0.2, 0.25) is 5.02 Å². The molecule has 0 saturated carbocycles. The van der Waals surface area contributed by atoms with Gasteiger partial charge in [0.25, 0.3) is 0 Å². The zero-order valence-corrected chi connectivity index (χ0v) is 10.3. The van der Waals surface area contributed by atoms with Gasteiger partial charge in [0.15, 0.2) is 0 Å². The standard InChI is InChI=1S/C11H18ClN3/c1-9(6-13-2)8-15(3)11-4-5-14-7-10(11)12/h4-5,7,9,13H,6,8H2,1-3H3. The molecule has 0 amide bonds. The highest BCUT2D eigenvalue weighted by Gasteiger charge is 2.09. The molecule has 1 rings (SSSR count). The van der Waals surface area contributed by atoms with Gasteiger partial charge in [0.1, 0.15) is 0 Å². The number of pyridine rings is 1. The normalized spacial score (nSPS) is 12.5. The summed E-state index contributed by atoms with van der Waals surface area (Å²) in [7, 11) is 4.02. The van der Waals surface area contributed by atoms with Gasteiger partial charge in [-0.25, -0.2) is 0 Å². The molecule has 0 aliphatic heterocycles. The van der Waals surface area contributed by atoms with E-state index in [2.05, 4.69) is 22.1 Å². The minimum atomic E-state index is 0.587. The van der Waals surface area contributed by atoms with Gasteiger partial charge in [0.05, 0.1) is 10.7 Å². The fraction of sp³-hybridized carbons (Fsp3) is 0.545. The van der Waals surface area contributed by atoms with E-state index in [1.54, 1.807) is 12.4 Å². The Labute approximate surface area is 96.5 Å². The molecule has 0 aliphatic rings. The molecule has 84 valence electrons. The molecule has 1 N–H and O–H groups in total. The molecule has 0 radical (unpaired) electrons. The van der Waals surface area contributed by atoms with Crippen LogP contribution < -0.4 is 10.2 Å². The Morgan fingerprint density at radius 3 is 2.93 bits per heavy atom. The topological polar surface area (TPSA) is 28.2 Å². The van der Waals surface area contributed by atoms with E-state index in [4.69, 9.17) is 11.6 Å². The van der Waals surface area contributed by atoms with Crippen LogP contribution in [0.25, 0.3) is 0 Å². The van der Waals surface area contributed by atoms with Gasteiger partial charge >= 0.3 is 0 Å². The number of anilines is 1. The fourth-order valence-electron chi connectivity index (χ4n) is 1.66. The lowest BCUT2D eigenvalue weighted by Crippen LogP contribution is -2.29. The summed E-state index contributed by atoms with van der Waals surface area (Å²) in [4.78, 5) is 6.13. The van der Waals surface area contributed by atoms with Gasteiger partial charge in [-0.15, -0.1) is 0 Å². The third-order valence-electron chi connectivity index (χ3n) is 2.30. The SMILES string of the molecule is CNCC(C)CN(C)c1ccncc1Cl. The maximum Gasteiger partial charge on any atom is 0.0822 e. The summed E-state index contributed by atoms with van der Waals surface area (Å²) < 4.78 is 0. The molecule has 0 fully saturated rings. The lowest BCUT2D eigenvalue weighted by atomic mass is 10.1. The maximum absolute atomic E-state index is 6.06. The fourth-order valence-corrected chi connectivity index (χ4v) is 1.92. The van der Waals surface area contributed by atoms with Crippen LogP contribution in [-0.2, 0) is 0 Å². The van der Waals surface area contributed by atoms with E-state index in [0.717, 1.165) is 18.8 Å². The minimum absolute atomic E-state index is 0.587. The molecule has 1 heterocycles. The Morgan fingerprint density at radius 2 is 2.33 bits per heavy atom. The Kier molecular flexibility index (Phi) is 4.85. The Morgan fingerprint density at radius 1 is 1.60 bits per heavy atom. The first-order valence-corrected chi connectivity index (χ1v) is 5.48. The molecule has 0 bridgehead atoms. The molecule has 3 nitrogen and oxygen atoms in total. The van der Waals surface area contributed by atoms with Crippen LogP contribution in [0.15, 0.2) is 18.5 Å². The van der Waals surface area contributed by atoms with Crippen LogP contribution in [0.4, 0.5) is 5.69 Å². The third kappa shape index (κ3) is 3.68. The Balaban J connectivity index is 2.61. The summed E-state index contributed by atoms with van der Waals surface area (Å²) in [5.74, 6) is 0.587. The van der Waals surface area contributed by atoms with Gasteiger partial charge in [-0.1, -0.05) is 18.5 Å². The molecule has 1 atom stereocenters. The summed E-state index contributed by atoms with van der Waals surface area (Å²) in [6.07, 6.45) is 3.44. The molecule has 0 aromatic carbocycles. The van der Waals surface area contributed by atoms with Crippen LogP contribution in [0.5, 0.6) is 0 Å². The van der Waals surface area contributed by atoms with Crippen molar-refractivity contribution in [2.45, 2.75) is 6.92 Å². The van der Waals surface area contributed by atoms with E-state index in [0.29, 0.717) is 10.9 Å². The molecule has 0 spiro atoms. The van der Waals surface area contributed by atoms with Crippen LogP contribution in [0.3, 0.4) is 0 Å². The van der Waals surface area contributed by atoms with Crippen LogP contribution in [-0.4, -0.2) is 32.2 Å². The van der Waals surface area contributed by atoms with Gasteiger partial charge in [0, 0.05) is 26.0 Å². The second-order valence-corrected chi connectivity index (χ2v) is 4.28. The Hall–Kier alpha value is -0.800. The Bertz CT molecular complexity index is 304. The molecular weight excluding hydrogens is 210 g/mol. The van der Waals surface area contributed by atoms with Crippen molar-refractivity contribution in [1.82, 2.24) is 10.3 Å². The zero-order valence-electron chi connectivity index (χ0n) is 9.50. The van der Waals surface area contributed by atoms with E-state index in [1.807, 2.05) is 20.2 Å². The summed E-state index contributed by atoms with van der Waals surface area (Å²) in [5.41, 5.74) is 1.04. The lowest BCUT2D eigenvalue weighted by Gasteiger charge is -2.23. The average molecular weight is 228 g/mol. The van der Waals surface area contributed by atoms with Crippen LogP contribution >= 0.6 is 11.6 Å². The van der Waals surface area contributed by atoms with Gasteiger partial charge in [0.2, 0.25) is 0 Å². The summed E-state index contributed by atoms with van der Waals surface area (Å²) >= 11 is 6.06. The highest BCUT2D eigenvalue weighted by Crippen LogP contribution is 2.23. The molecule has 1 aromatic rings. The summed E-state index contributed by atoms with van der Waals surface area (Å²) in [6.45, 7) is 4.19. The highest BCUT2D eigenvalue weighted by atomic mass is 35.5. The van der Waals surface area contributed by atoms with Crippen LogP contribution in [0.1, 0.15) is 6.92 Å². The molecule has 0 aliphatic carbocycles. The first kappa shape index (κ1) is 12.3. The second kappa shape index (κ2) is 5.93. The van der Waals surface area contributed by atoms with Gasteiger partial charge < -0.3 is 10.2 Å². The number of rotatable bonds is 5. The van der Waals surface area contributed by atoms with Gasteiger partial charge in [-0.3, -0.25) is 4.98 Å².